The third-order valence-corrected chi connectivity index (χ3v) is 3.96. The molecule has 0 spiro atoms. The maximum Gasteiger partial charge on any atom is 0.274 e. The van der Waals surface area contributed by atoms with Crippen LogP contribution in [0.5, 0.6) is 0 Å². The van der Waals surface area contributed by atoms with Gasteiger partial charge in [0.1, 0.15) is 11.2 Å². The van der Waals surface area contributed by atoms with Gasteiger partial charge in [0, 0.05) is 17.4 Å². The molecule has 2 aromatic heterocycles. The number of carbonyl (C=O) groups excluding carboxylic acids is 1. The highest BCUT2D eigenvalue weighted by Gasteiger charge is 2.08. The summed E-state index contributed by atoms with van der Waals surface area (Å²) in [6.45, 7) is 0. The molecule has 7 heteroatoms. The predicted molar refractivity (Wildman–Crippen MR) is 101 cm³/mol. The fourth-order valence-corrected chi connectivity index (χ4v) is 2.65. The number of carbonyl (C=O) groups is 1. The molecule has 0 atom stereocenters. The molecule has 6 nitrogen and oxygen atoms in total. The van der Waals surface area contributed by atoms with E-state index in [-0.39, 0.29) is 17.1 Å². The maximum absolute atomic E-state index is 12.3. The lowest BCUT2D eigenvalue weighted by molar-refractivity contribution is 0.102. The first-order valence-corrected chi connectivity index (χ1v) is 8.21. The van der Waals surface area contributed by atoms with Crippen LogP contribution in [0.4, 0.5) is 5.69 Å². The number of hydrogen-bond acceptors (Lipinski definition) is 4. The molecule has 0 aliphatic carbocycles. The van der Waals surface area contributed by atoms with E-state index in [0.29, 0.717) is 17.1 Å². The number of halogens is 1. The summed E-state index contributed by atoms with van der Waals surface area (Å²) in [4.78, 5) is 16.5. The van der Waals surface area contributed by atoms with Crippen LogP contribution in [-0.4, -0.2) is 21.8 Å². The summed E-state index contributed by atoms with van der Waals surface area (Å²) in [5.41, 5.74) is 2.98. The summed E-state index contributed by atoms with van der Waals surface area (Å²) in [6.07, 6.45) is 4.85. The molecular formula is C19H16ClN5O. The fraction of sp³-hybridized carbons (Fsp3) is 0.0526. The largest absolute Gasteiger partial charge is 0.319 e. The maximum atomic E-state index is 12.3. The Balaban J connectivity index is 1.70. The van der Waals surface area contributed by atoms with Gasteiger partial charge in [-0.25, -0.2) is 0 Å². The van der Waals surface area contributed by atoms with E-state index in [2.05, 4.69) is 10.3 Å². The zero-order chi connectivity index (χ0) is 18.5. The van der Waals surface area contributed by atoms with E-state index in [1.54, 1.807) is 18.3 Å². The van der Waals surface area contributed by atoms with Gasteiger partial charge in [0.25, 0.3) is 5.91 Å². The van der Waals surface area contributed by atoms with E-state index in [9.17, 15) is 4.79 Å². The Morgan fingerprint density at radius 3 is 2.73 bits per heavy atom. The average Bonchev–Trinajstić information content (AvgIpc) is 2.64. The lowest BCUT2D eigenvalue weighted by Gasteiger charge is -2.07. The highest BCUT2D eigenvalue weighted by Crippen LogP contribution is 2.15. The second-order valence-corrected chi connectivity index (χ2v) is 6.09. The second-order valence-electron chi connectivity index (χ2n) is 5.65. The van der Waals surface area contributed by atoms with Crippen LogP contribution in [0.25, 0.3) is 0 Å². The van der Waals surface area contributed by atoms with Crippen LogP contribution in [0.2, 0.25) is 5.02 Å². The van der Waals surface area contributed by atoms with E-state index in [1.807, 2.05) is 30.3 Å². The first-order valence-electron chi connectivity index (χ1n) is 7.83. The lowest BCUT2D eigenvalue weighted by Crippen LogP contribution is -2.20. The monoisotopic (exact) mass is 365 g/mol. The van der Waals surface area contributed by atoms with Gasteiger partial charge in [-0.2, -0.15) is 0 Å². The van der Waals surface area contributed by atoms with Gasteiger partial charge in [-0.3, -0.25) is 25.2 Å². The van der Waals surface area contributed by atoms with Crippen molar-refractivity contribution in [3.8, 4) is 0 Å². The van der Waals surface area contributed by atoms with Crippen LogP contribution in [0, 0.1) is 10.8 Å². The normalized spacial score (nSPS) is 10.3. The second kappa shape index (κ2) is 7.76. The molecule has 26 heavy (non-hydrogen) atoms. The molecule has 3 rings (SSSR count). The number of nitrogens with one attached hydrogen (secondary N) is 3. The first-order chi connectivity index (χ1) is 12.5. The van der Waals surface area contributed by atoms with Crippen LogP contribution in [0.1, 0.15) is 21.6 Å². The summed E-state index contributed by atoms with van der Waals surface area (Å²) >= 11 is 5.99. The molecule has 0 aliphatic heterocycles. The van der Waals surface area contributed by atoms with Crippen molar-refractivity contribution in [2.45, 2.75) is 6.42 Å². The molecule has 0 saturated carbocycles. The number of nitrogens with zero attached hydrogens (tertiary/aromatic N) is 2. The van der Waals surface area contributed by atoms with Crippen LogP contribution < -0.4 is 10.8 Å². The quantitative estimate of drug-likeness (QED) is 0.478. The average molecular weight is 366 g/mol. The van der Waals surface area contributed by atoms with Gasteiger partial charge in [0.15, 0.2) is 0 Å². The van der Waals surface area contributed by atoms with Crippen molar-refractivity contribution >= 4 is 29.5 Å². The fourth-order valence-electron chi connectivity index (χ4n) is 2.44. The van der Waals surface area contributed by atoms with E-state index in [0.717, 1.165) is 17.5 Å². The summed E-state index contributed by atoms with van der Waals surface area (Å²) in [7, 11) is 0. The van der Waals surface area contributed by atoms with Crippen LogP contribution >= 0.6 is 11.6 Å². The lowest BCUT2D eigenvalue weighted by atomic mass is 10.1. The third kappa shape index (κ3) is 4.23. The van der Waals surface area contributed by atoms with Crippen molar-refractivity contribution < 1.29 is 4.79 Å². The van der Waals surface area contributed by atoms with Crippen molar-refractivity contribution in [1.82, 2.24) is 9.55 Å². The first kappa shape index (κ1) is 17.6. The van der Waals surface area contributed by atoms with Gasteiger partial charge < -0.3 is 5.32 Å². The Hall–Kier alpha value is -3.25. The Labute approximate surface area is 155 Å². The third-order valence-electron chi connectivity index (χ3n) is 3.73. The van der Waals surface area contributed by atoms with E-state index < -0.39 is 0 Å². The SMILES string of the molecule is N=Cn1cc(NC(=O)c2ccc(Cc3cccc(Cl)c3)cn2)ccc1=N. The van der Waals surface area contributed by atoms with Crippen molar-refractivity contribution in [3.63, 3.8) is 0 Å². The van der Waals surface area contributed by atoms with Gasteiger partial charge in [0.05, 0.1) is 12.0 Å². The zero-order valence-corrected chi connectivity index (χ0v) is 14.5. The minimum atomic E-state index is -0.353. The van der Waals surface area contributed by atoms with Crippen LogP contribution in [0.15, 0.2) is 60.9 Å². The van der Waals surface area contributed by atoms with Gasteiger partial charge in [-0.15, -0.1) is 0 Å². The van der Waals surface area contributed by atoms with Gasteiger partial charge in [-0.1, -0.05) is 29.8 Å². The Morgan fingerprint density at radius 1 is 1.19 bits per heavy atom. The van der Waals surface area contributed by atoms with Crippen molar-refractivity contribution in [2.75, 3.05) is 5.32 Å². The minimum absolute atomic E-state index is 0.154. The number of pyridine rings is 2. The molecule has 130 valence electrons. The molecule has 0 unspecified atom stereocenters. The summed E-state index contributed by atoms with van der Waals surface area (Å²) < 4.78 is 1.29. The molecule has 1 amide bonds. The standard InChI is InChI=1S/C19H16ClN5O/c20-15-3-1-2-13(9-15)8-14-4-6-17(23-10-14)19(26)24-16-5-7-18(22)25(11-16)12-21/h1-7,9-12,21-22H,8H2,(H,24,26). The molecule has 0 aliphatic rings. The minimum Gasteiger partial charge on any atom is -0.319 e. The predicted octanol–water partition coefficient (Wildman–Crippen LogP) is 3.31. The highest BCUT2D eigenvalue weighted by atomic mass is 35.5. The summed E-state index contributed by atoms with van der Waals surface area (Å²) in [6, 6.07) is 14.2. The molecule has 0 bridgehead atoms. The van der Waals surface area contributed by atoms with Gasteiger partial charge >= 0.3 is 0 Å². The Morgan fingerprint density at radius 2 is 2.04 bits per heavy atom. The van der Waals surface area contributed by atoms with E-state index in [4.69, 9.17) is 22.4 Å². The van der Waals surface area contributed by atoms with Gasteiger partial charge in [-0.05, 0) is 47.9 Å². The molecule has 0 saturated heterocycles. The molecule has 0 radical (unpaired) electrons. The van der Waals surface area contributed by atoms with E-state index in [1.165, 1.54) is 16.8 Å². The molecule has 2 heterocycles. The van der Waals surface area contributed by atoms with Crippen LogP contribution in [0.3, 0.4) is 0 Å². The number of benzene rings is 1. The molecular weight excluding hydrogens is 350 g/mol. The molecule has 3 N–H and O–H groups in total. The number of amides is 1. The van der Waals surface area contributed by atoms with Crippen molar-refractivity contribution in [1.29, 1.82) is 10.8 Å². The highest BCUT2D eigenvalue weighted by molar-refractivity contribution is 6.30. The molecule has 0 fully saturated rings. The Kier molecular flexibility index (Phi) is 5.24. The molecule has 1 aromatic carbocycles. The number of anilines is 1. The summed E-state index contributed by atoms with van der Waals surface area (Å²) in [5.74, 6) is -0.353. The van der Waals surface area contributed by atoms with E-state index >= 15 is 0 Å². The number of rotatable bonds is 5. The van der Waals surface area contributed by atoms with Crippen molar-refractivity contribution in [2.24, 2.45) is 0 Å². The topological polar surface area (TPSA) is 94.6 Å². The zero-order valence-electron chi connectivity index (χ0n) is 13.7. The molecule has 3 aromatic rings. The number of hydrogen-bond donors (Lipinski definition) is 3. The Bertz CT molecular complexity index is 1010. The van der Waals surface area contributed by atoms with Crippen molar-refractivity contribution in [3.05, 3.63) is 88.3 Å². The summed E-state index contributed by atoms with van der Waals surface area (Å²) in [5, 5.41) is 18.3. The number of aromatic nitrogens is 2. The smallest absolute Gasteiger partial charge is 0.274 e. The van der Waals surface area contributed by atoms with Gasteiger partial charge in [0.2, 0.25) is 0 Å². The van der Waals surface area contributed by atoms with Crippen LogP contribution in [-0.2, 0) is 6.42 Å².